The van der Waals surface area contributed by atoms with Crippen LogP contribution in [0, 0.1) is 11.3 Å². The highest BCUT2D eigenvalue weighted by molar-refractivity contribution is 6.29. The lowest BCUT2D eigenvalue weighted by molar-refractivity contribution is -0.116. The van der Waals surface area contributed by atoms with Crippen LogP contribution in [0.3, 0.4) is 0 Å². The van der Waals surface area contributed by atoms with Crippen LogP contribution in [0.1, 0.15) is 13.3 Å². The van der Waals surface area contributed by atoms with E-state index in [4.69, 9.17) is 21.6 Å². The Morgan fingerprint density at radius 2 is 2.11 bits per heavy atom. The maximum absolute atomic E-state index is 11.7. The van der Waals surface area contributed by atoms with Gasteiger partial charge in [-0.05, 0) is 31.2 Å². The topological polar surface area (TPSA) is 53.3 Å². The largest absolute Gasteiger partial charge is 0.494 e. The van der Waals surface area contributed by atoms with E-state index in [1.165, 1.54) is 4.90 Å². The Labute approximate surface area is 112 Å². The average Bonchev–Trinajstić information content (AvgIpc) is 2.41. The molecule has 5 heteroatoms. The van der Waals surface area contributed by atoms with Gasteiger partial charge in [-0.15, -0.1) is 11.6 Å². The zero-order chi connectivity index (χ0) is 13.4. The third kappa shape index (κ3) is 3.94. The van der Waals surface area contributed by atoms with E-state index in [0.29, 0.717) is 13.2 Å². The number of nitrogens with zero attached hydrogens (tertiary/aromatic N) is 2. The number of anilines is 1. The molecule has 0 bridgehead atoms. The molecule has 0 atom stereocenters. The molecule has 0 aliphatic rings. The molecule has 0 radical (unpaired) electrons. The molecule has 0 unspecified atom stereocenters. The molecule has 0 aliphatic heterocycles. The summed E-state index contributed by atoms with van der Waals surface area (Å²) in [5.41, 5.74) is 0.722. The summed E-state index contributed by atoms with van der Waals surface area (Å²) >= 11 is 5.56. The van der Waals surface area contributed by atoms with Gasteiger partial charge < -0.3 is 9.64 Å². The third-order valence-electron chi connectivity index (χ3n) is 2.32. The van der Waals surface area contributed by atoms with E-state index < -0.39 is 0 Å². The van der Waals surface area contributed by atoms with Crippen molar-refractivity contribution in [2.24, 2.45) is 0 Å². The molecular formula is C13H15ClN2O2. The minimum Gasteiger partial charge on any atom is -0.494 e. The number of carbonyl (C=O) groups is 1. The molecular weight excluding hydrogens is 252 g/mol. The standard InChI is InChI=1S/C13H15ClN2O2/c1-2-18-12-6-4-11(5-7-12)16(9-3-8-15)13(17)10-14/h4-7H,2-3,9-10H2,1H3. The van der Waals surface area contributed by atoms with Gasteiger partial charge in [0, 0.05) is 12.2 Å². The summed E-state index contributed by atoms with van der Waals surface area (Å²) < 4.78 is 5.33. The van der Waals surface area contributed by atoms with E-state index in [1.807, 2.05) is 13.0 Å². The second-order valence-electron chi connectivity index (χ2n) is 3.51. The van der Waals surface area contributed by atoms with Crippen molar-refractivity contribution in [3.8, 4) is 11.8 Å². The zero-order valence-electron chi connectivity index (χ0n) is 10.2. The fraction of sp³-hybridized carbons (Fsp3) is 0.385. The smallest absolute Gasteiger partial charge is 0.241 e. The SMILES string of the molecule is CCOc1ccc(N(CCC#N)C(=O)CCl)cc1. The van der Waals surface area contributed by atoms with Crippen LogP contribution in [-0.2, 0) is 4.79 Å². The molecule has 4 nitrogen and oxygen atoms in total. The van der Waals surface area contributed by atoms with E-state index in [2.05, 4.69) is 0 Å². The molecule has 0 aromatic heterocycles. The highest BCUT2D eigenvalue weighted by atomic mass is 35.5. The first-order valence-electron chi connectivity index (χ1n) is 5.69. The first-order valence-corrected chi connectivity index (χ1v) is 6.22. The number of nitriles is 1. The van der Waals surface area contributed by atoms with Crippen LogP contribution in [0.25, 0.3) is 0 Å². The minimum atomic E-state index is -0.212. The molecule has 0 fully saturated rings. The number of carbonyl (C=O) groups excluding carboxylic acids is 1. The lowest BCUT2D eigenvalue weighted by atomic mass is 10.2. The summed E-state index contributed by atoms with van der Waals surface area (Å²) in [5.74, 6) is 0.439. The molecule has 0 spiro atoms. The van der Waals surface area contributed by atoms with E-state index in [0.717, 1.165) is 11.4 Å². The number of rotatable bonds is 6. The highest BCUT2D eigenvalue weighted by Gasteiger charge is 2.14. The van der Waals surface area contributed by atoms with Gasteiger partial charge in [0.05, 0.1) is 19.1 Å². The lowest BCUT2D eigenvalue weighted by Crippen LogP contribution is -2.32. The van der Waals surface area contributed by atoms with Gasteiger partial charge in [-0.2, -0.15) is 5.26 Å². The average molecular weight is 267 g/mol. The summed E-state index contributed by atoms with van der Waals surface area (Å²) in [6.07, 6.45) is 0.274. The minimum absolute atomic E-state index is 0.0986. The van der Waals surface area contributed by atoms with Gasteiger partial charge in [0.2, 0.25) is 5.91 Å². The lowest BCUT2D eigenvalue weighted by Gasteiger charge is -2.20. The number of alkyl halides is 1. The van der Waals surface area contributed by atoms with Crippen LogP contribution in [0.2, 0.25) is 0 Å². The van der Waals surface area contributed by atoms with Crippen LogP contribution >= 0.6 is 11.6 Å². The predicted molar refractivity (Wildman–Crippen MR) is 70.9 cm³/mol. The zero-order valence-corrected chi connectivity index (χ0v) is 11.0. The van der Waals surface area contributed by atoms with E-state index in [9.17, 15) is 4.79 Å². The summed E-state index contributed by atoms with van der Waals surface area (Å²) in [5, 5.41) is 8.59. The Morgan fingerprint density at radius 1 is 1.44 bits per heavy atom. The number of benzene rings is 1. The summed E-state index contributed by atoms with van der Waals surface area (Å²) in [6, 6.07) is 9.17. The Kier molecular flexibility index (Phi) is 6.03. The van der Waals surface area contributed by atoms with Crippen molar-refractivity contribution in [2.45, 2.75) is 13.3 Å². The van der Waals surface area contributed by atoms with Crippen LogP contribution in [-0.4, -0.2) is 24.9 Å². The van der Waals surface area contributed by atoms with Crippen molar-refractivity contribution in [1.29, 1.82) is 5.26 Å². The molecule has 1 aromatic carbocycles. The summed E-state index contributed by atoms with van der Waals surface area (Å²) in [6.45, 7) is 2.85. The van der Waals surface area contributed by atoms with Gasteiger partial charge in [0.15, 0.2) is 0 Å². The third-order valence-corrected chi connectivity index (χ3v) is 2.55. The van der Waals surface area contributed by atoms with Crippen molar-refractivity contribution in [3.05, 3.63) is 24.3 Å². The van der Waals surface area contributed by atoms with Crippen molar-refractivity contribution in [3.63, 3.8) is 0 Å². The van der Waals surface area contributed by atoms with Gasteiger partial charge in [-0.1, -0.05) is 0 Å². The molecule has 18 heavy (non-hydrogen) atoms. The van der Waals surface area contributed by atoms with Crippen LogP contribution in [0.4, 0.5) is 5.69 Å². The molecule has 0 aliphatic carbocycles. The Hall–Kier alpha value is -1.73. The normalized spacial score (nSPS) is 9.61. The van der Waals surface area contributed by atoms with Crippen molar-refractivity contribution >= 4 is 23.2 Å². The number of hydrogen-bond donors (Lipinski definition) is 0. The molecule has 1 rings (SSSR count). The second kappa shape index (κ2) is 7.57. The molecule has 96 valence electrons. The number of ether oxygens (including phenoxy) is 1. The molecule has 0 N–H and O–H groups in total. The Morgan fingerprint density at radius 3 is 2.61 bits per heavy atom. The highest BCUT2D eigenvalue weighted by Crippen LogP contribution is 2.20. The molecule has 0 saturated carbocycles. The van der Waals surface area contributed by atoms with E-state index in [-0.39, 0.29) is 18.2 Å². The fourth-order valence-electron chi connectivity index (χ4n) is 1.52. The Bertz CT molecular complexity index is 426. The van der Waals surface area contributed by atoms with Gasteiger partial charge >= 0.3 is 0 Å². The number of hydrogen-bond acceptors (Lipinski definition) is 3. The Balaban J connectivity index is 2.84. The van der Waals surface area contributed by atoms with Gasteiger partial charge in [0.25, 0.3) is 0 Å². The molecule has 1 aromatic rings. The van der Waals surface area contributed by atoms with Gasteiger partial charge in [-0.25, -0.2) is 0 Å². The van der Waals surface area contributed by atoms with Crippen molar-refractivity contribution in [1.82, 2.24) is 0 Å². The molecule has 1 amide bonds. The summed E-state index contributed by atoms with van der Waals surface area (Å²) in [4.78, 5) is 13.2. The number of halogens is 1. The van der Waals surface area contributed by atoms with Crippen LogP contribution in [0.5, 0.6) is 5.75 Å². The fourth-order valence-corrected chi connectivity index (χ4v) is 1.66. The predicted octanol–water partition coefficient (Wildman–Crippen LogP) is 2.57. The maximum Gasteiger partial charge on any atom is 0.241 e. The monoisotopic (exact) mass is 266 g/mol. The maximum atomic E-state index is 11.7. The van der Waals surface area contributed by atoms with Crippen LogP contribution in [0.15, 0.2) is 24.3 Å². The number of amides is 1. The quantitative estimate of drug-likeness (QED) is 0.744. The molecule has 0 saturated heterocycles. The van der Waals surface area contributed by atoms with E-state index in [1.54, 1.807) is 24.3 Å². The van der Waals surface area contributed by atoms with E-state index >= 15 is 0 Å². The van der Waals surface area contributed by atoms with Crippen molar-refractivity contribution < 1.29 is 9.53 Å². The van der Waals surface area contributed by atoms with Crippen LogP contribution < -0.4 is 9.64 Å². The van der Waals surface area contributed by atoms with Gasteiger partial charge in [0.1, 0.15) is 11.6 Å². The first-order chi connectivity index (χ1) is 8.72. The summed E-state index contributed by atoms with van der Waals surface area (Å²) in [7, 11) is 0. The second-order valence-corrected chi connectivity index (χ2v) is 3.78. The molecule has 0 heterocycles. The van der Waals surface area contributed by atoms with Crippen molar-refractivity contribution in [2.75, 3.05) is 23.9 Å². The first kappa shape index (κ1) is 14.3. The van der Waals surface area contributed by atoms with Gasteiger partial charge in [-0.3, -0.25) is 4.79 Å².